The summed E-state index contributed by atoms with van der Waals surface area (Å²) in [7, 11) is 0. The number of halogens is 5. The minimum absolute atomic E-state index is 0.100. The summed E-state index contributed by atoms with van der Waals surface area (Å²) in [5.74, 6) is -0.918. The summed E-state index contributed by atoms with van der Waals surface area (Å²) in [6.45, 7) is 0. The van der Waals surface area contributed by atoms with E-state index in [4.69, 9.17) is 0 Å². The molecule has 0 spiro atoms. The van der Waals surface area contributed by atoms with Gasteiger partial charge in [-0.05, 0) is 25.0 Å². The van der Waals surface area contributed by atoms with Crippen LogP contribution in [0, 0.1) is 0 Å². The normalized spacial score (nSPS) is 11.7. The van der Waals surface area contributed by atoms with Gasteiger partial charge < -0.3 is 4.74 Å². The van der Waals surface area contributed by atoms with Crippen LogP contribution in [0.1, 0.15) is 36.0 Å². The summed E-state index contributed by atoms with van der Waals surface area (Å²) in [4.78, 5) is 12.0. The molecule has 118 valence electrons. The van der Waals surface area contributed by atoms with Crippen LogP contribution in [-0.2, 0) is 0 Å². The summed E-state index contributed by atoms with van der Waals surface area (Å²) in [5, 5.41) is 0.821. The maximum absolute atomic E-state index is 12.9. The smallest absolute Gasteiger partial charge is 0.428 e. The second kappa shape index (κ2) is 8.36. The van der Waals surface area contributed by atoms with Crippen LogP contribution < -0.4 is 4.74 Å². The summed E-state index contributed by atoms with van der Waals surface area (Å²) >= 11 is 3.26. The largest absolute Gasteiger partial charge is 0.461 e. The highest BCUT2D eigenvalue weighted by Crippen LogP contribution is 2.30. The fourth-order valence-electron chi connectivity index (χ4n) is 1.67. The van der Waals surface area contributed by atoms with Crippen LogP contribution in [0.15, 0.2) is 24.3 Å². The van der Waals surface area contributed by atoms with Gasteiger partial charge in [0.1, 0.15) is 5.75 Å². The highest BCUT2D eigenvalue weighted by atomic mass is 79.9. The van der Waals surface area contributed by atoms with Crippen LogP contribution in [-0.4, -0.2) is 23.6 Å². The topological polar surface area (TPSA) is 26.3 Å². The molecule has 0 amide bonds. The third kappa shape index (κ3) is 5.65. The van der Waals surface area contributed by atoms with E-state index in [9.17, 15) is 22.4 Å². The van der Waals surface area contributed by atoms with E-state index in [2.05, 4.69) is 20.7 Å². The maximum Gasteiger partial charge on any atom is 0.461 e. The molecule has 0 saturated heterocycles. The minimum Gasteiger partial charge on any atom is -0.428 e. The average Bonchev–Trinajstić information content (AvgIpc) is 2.43. The number of hydrogen-bond donors (Lipinski definition) is 0. The van der Waals surface area contributed by atoms with Crippen molar-refractivity contribution < 1.29 is 27.1 Å². The van der Waals surface area contributed by atoms with Gasteiger partial charge in [0.15, 0.2) is 5.78 Å². The Morgan fingerprint density at radius 3 is 2.48 bits per heavy atom. The molecule has 0 aliphatic heterocycles. The zero-order chi connectivity index (χ0) is 15.9. The predicted octanol–water partition coefficient (Wildman–Crippen LogP) is 5.06. The first-order chi connectivity index (χ1) is 9.88. The first kappa shape index (κ1) is 17.9. The minimum atomic E-state index is -4.62. The molecule has 1 aromatic rings. The number of alkyl halides is 5. The molecule has 0 fully saturated rings. The van der Waals surface area contributed by atoms with E-state index in [0.717, 1.165) is 24.2 Å². The Morgan fingerprint density at radius 2 is 1.86 bits per heavy atom. The lowest BCUT2D eigenvalue weighted by atomic mass is 10.0. The molecule has 0 aliphatic carbocycles. The van der Waals surface area contributed by atoms with E-state index < -0.39 is 24.1 Å². The summed E-state index contributed by atoms with van der Waals surface area (Å²) in [6.07, 6.45) is -6.11. The van der Waals surface area contributed by atoms with Crippen molar-refractivity contribution in [1.29, 1.82) is 0 Å². The number of ether oxygens (including phenoxy) is 1. The Bertz CT molecular complexity index is 466. The summed E-state index contributed by atoms with van der Waals surface area (Å²) < 4.78 is 54.2. The van der Waals surface area contributed by atoms with Crippen molar-refractivity contribution in [2.75, 3.05) is 5.33 Å². The second-order valence-corrected chi connectivity index (χ2v) is 5.18. The molecule has 0 radical (unpaired) electrons. The number of carbonyl (C=O) groups excluding carboxylic acids is 1. The van der Waals surface area contributed by atoms with Crippen LogP contribution in [0.25, 0.3) is 0 Å². The Labute approximate surface area is 128 Å². The number of hydrogen-bond acceptors (Lipinski definition) is 2. The van der Waals surface area contributed by atoms with E-state index in [0.29, 0.717) is 6.42 Å². The average molecular weight is 371 g/mol. The van der Waals surface area contributed by atoms with Gasteiger partial charge in [0.05, 0.1) is 5.56 Å². The number of unbranched alkanes of at least 4 members (excludes halogenated alkanes) is 2. The van der Waals surface area contributed by atoms with Crippen LogP contribution in [0.4, 0.5) is 17.6 Å². The molecular formula is C14H15BrF4O2. The number of benzene rings is 1. The van der Waals surface area contributed by atoms with Crippen molar-refractivity contribution in [3.63, 3.8) is 0 Å². The molecule has 0 unspecified atom stereocenters. The third-order valence-electron chi connectivity index (χ3n) is 2.73. The first-order valence-electron chi connectivity index (χ1n) is 6.41. The van der Waals surface area contributed by atoms with Crippen molar-refractivity contribution in [3.8, 4) is 5.75 Å². The number of rotatable bonds is 9. The monoisotopic (exact) mass is 370 g/mol. The second-order valence-electron chi connectivity index (χ2n) is 4.38. The summed E-state index contributed by atoms with van der Waals surface area (Å²) in [5.41, 5.74) is -0.100. The van der Waals surface area contributed by atoms with Gasteiger partial charge in [0, 0.05) is 11.8 Å². The molecule has 0 heterocycles. The third-order valence-corrected chi connectivity index (χ3v) is 3.29. The van der Waals surface area contributed by atoms with E-state index in [1.807, 2.05) is 0 Å². The van der Waals surface area contributed by atoms with Gasteiger partial charge in [-0.15, -0.1) is 0 Å². The van der Waals surface area contributed by atoms with Gasteiger partial charge in [0.2, 0.25) is 0 Å². The van der Waals surface area contributed by atoms with Crippen LogP contribution >= 0.6 is 15.9 Å². The van der Waals surface area contributed by atoms with Gasteiger partial charge in [0.25, 0.3) is 0 Å². The lowest BCUT2D eigenvalue weighted by molar-refractivity contribution is -0.253. The molecule has 1 rings (SSSR count). The van der Waals surface area contributed by atoms with Gasteiger partial charge in [-0.3, -0.25) is 4.79 Å². The van der Waals surface area contributed by atoms with E-state index in [1.54, 1.807) is 0 Å². The van der Waals surface area contributed by atoms with Crippen LogP contribution in [0.3, 0.4) is 0 Å². The number of para-hydroxylation sites is 1. The molecule has 0 N–H and O–H groups in total. The SMILES string of the molecule is O=C(CCCCCBr)c1ccccc1OC(F)(F)C(F)F. The first-order valence-corrected chi connectivity index (χ1v) is 7.54. The van der Waals surface area contributed by atoms with Crippen molar-refractivity contribution in [3.05, 3.63) is 29.8 Å². The summed E-state index contributed by atoms with van der Waals surface area (Å²) in [6, 6.07) is 5.20. The van der Waals surface area contributed by atoms with E-state index in [-0.39, 0.29) is 12.0 Å². The lowest BCUT2D eigenvalue weighted by Gasteiger charge is -2.18. The van der Waals surface area contributed by atoms with Crippen LogP contribution in [0.5, 0.6) is 5.75 Å². The van der Waals surface area contributed by atoms with Crippen LogP contribution in [0.2, 0.25) is 0 Å². The Morgan fingerprint density at radius 1 is 1.19 bits per heavy atom. The molecule has 0 atom stereocenters. The standard InChI is InChI=1S/C14H15BrF4O2/c15-9-5-1-2-7-11(20)10-6-3-4-8-12(10)21-14(18,19)13(16)17/h3-4,6,8,13H,1-2,5,7,9H2. The van der Waals surface area contributed by atoms with Crippen molar-refractivity contribution >= 4 is 21.7 Å². The molecule has 0 aliphatic rings. The van der Waals surface area contributed by atoms with E-state index >= 15 is 0 Å². The maximum atomic E-state index is 12.9. The van der Waals surface area contributed by atoms with Gasteiger partial charge >= 0.3 is 12.5 Å². The zero-order valence-corrected chi connectivity index (χ0v) is 12.7. The molecule has 0 aromatic heterocycles. The highest BCUT2D eigenvalue weighted by molar-refractivity contribution is 9.09. The molecule has 0 bridgehead atoms. The molecular weight excluding hydrogens is 356 g/mol. The predicted molar refractivity (Wildman–Crippen MR) is 74.6 cm³/mol. The quantitative estimate of drug-likeness (QED) is 0.263. The van der Waals surface area contributed by atoms with Crippen molar-refractivity contribution in [2.45, 2.75) is 38.2 Å². The lowest BCUT2D eigenvalue weighted by Crippen LogP contribution is -2.34. The van der Waals surface area contributed by atoms with Gasteiger partial charge in [-0.1, -0.05) is 34.5 Å². The van der Waals surface area contributed by atoms with Gasteiger partial charge in [-0.2, -0.15) is 17.6 Å². The molecule has 7 heteroatoms. The zero-order valence-electron chi connectivity index (χ0n) is 11.1. The number of carbonyl (C=O) groups is 1. The molecule has 2 nitrogen and oxygen atoms in total. The van der Waals surface area contributed by atoms with E-state index in [1.165, 1.54) is 18.2 Å². The fraction of sp³-hybridized carbons (Fsp3) is 0.500. The molecule has 1 aromatic carbocycles. The van der Waals surface area contributed by atoms with Crippen molar-refractivity contribution in [1.82, 2.24) is 0 Å². The Balaban J connectivity index is 2.77. The fourth-order valence-corrected chi connectivity index (χ4v) is 2.07. The molecule has 21 heavy (non-hydrogen) atoms. The van der Waals surface area contributed by atoms with Crippen molar-refractivity contribution in [2.24, 2.45) is 0 Å². The van der Waals surface area contributed by atoms with Gasteiger partial charge in [-0.25, -0.2) is 0 Å². The Kier molecular flexibility index (Phi) is 7.14. The molecule has 0 saturated carbocycles. The Hall–Kier alpha value is -1.11. The highest BCUT2D eigenvalue weighted by Gasteiger charge is 2.44. The number of ketones is 1. The number of Topliss-reactive ketones (excluding diaryl/α,β-unsaturated/α-hetero) is 1.